The molecule has 0 bridgehead atoms. The van der Waals surface area contributed by atoms with Gasteiger partial charge in [-0.15, -0.1) is 0 Å². The lowest BCUT2D eigenvalue weighted by molar-refractivity contribution is 0.0940. The van der Waals surface area contributed by atoms with Crippen molar-refractivity contribution in [1.29, 1.82) is 0 Å². The first-order valence-corrected chi connectivity index (χ1v) is 4.57. The number of hydrogen-bond acceptors (Lipinski definition) is 3. The van der Waals surface area contributed by atoms with E-state index in [9.17, 15) is 0 Å². The molecule has 0 aromatic carbocycles. The molecule has 0 fully saturated rings. The van der Waals surface area contributed by atoms with Gasteiger partial charge in [-0.05, 0) is 18.1 Å². The maximum absolute atomic E-state index is 5.81. The lowest BCUT2D eigenvalue weighted by atomic mass is 10.2. The van der Waals surface area contributed by atoms with Crippen LogP contribution in [0.3, 0.4) is 0 Å². The van der Waals surface area contributed by atoms with Crippen LogP contribution < -0.4 is 5.73 Å². The molecule has 1 aromatic heterocycles. The molecule has 0 aliphatic heterocycles. The summed E-state index contributed by atoms with van der Waals surface area (Å²) < 4.78 is 10.5. The Bertz CT molecular complexity index is 219. The van der Waals surface area contributed by atoms with Crippen LogP contribution >= 0.6 is 0 Å². The Labute approximate surface area is 78.9 Å². The van der Waals surface area contributed by atoms with Gasteiger partial charge in [-0.1, -0.05) is 13.8 Å². The summed E-state index contributed by atoms with van der Waals surface area (Å²) in [7, 11) is 0. The third kappa shape index (κ3) is 3.61. The highest BCUT2D eigenvalue weighted by Crippen LogP contribution is 2.10. The Kier molecular flexibility index (Phi) is 3.99. The summed E-state index contributed by atoms with van der Waals surface area (Å²) >= 11 is 0. The molecule has 0 radical (unpaired) electrons. The van der Waals surface area contributed by atoms with E-state index in [4.69, 9.17) is 14.9 Å². The van der Waals surface area contributed by atoms with E-state index in [0.29, 0.717) is 12.5 Å². The standard InChI is InChI=1S/C10H17NO2/c1-8(2)6-12-7-9(11)10-4-3-5-13-10/h3-5,8-9H,6-7,11H2,1-2H3/t9-/m1/s1. The van der Waals surface area contributed by atoms with Gasteiger partial charge >= 0.3 is 0 Å². The number of ether oxygens (including phenoxy) is 1. The van der Waals surface area contributed by atoms with Gasteiger partial charge in [-0.2, -0.15) is 0 Å². The van der Waals surface area contributed by atoms with Crippen molar-refractivity contribution >= 4 is 0 Å². The summed E-state index contributed by atoms with van der Waals surface area (Å²) in [5, 5.41) is 0. The van der Waals surface area contributed by atoms with Crippen LogP contribution in [-0.4, -0.2) is 13.2 Å². The van der Waals surface area contributed by atoms with Crippen LogP contribution in [0, 0.1) is 5.92 Å². The minimum Gasteiger partial charge on any atom is -0.468 e. The number of rotatable bonds is 5. The Morgan fingerprint density at radius 3 is 2.77 bits per heavy atom. The minimum absolute atomic E-state index is 0.145. The normalized spacial score (nSPS) is 13.5. The molecule has 0 amide bonds. The Morgan fingerprint density at radius 2 is 2.23 bits per heavy atom. The highest BCUT2D eigenvalue weighted by atomic mass is 16.5. The molecule has 1 rings (SSSR count). The van der Waals surface area contributed by atoms with Crippen molar-refractivity contribution in [3.05, 3.63) is 24.2 Å². The molecule has 0 saturated heterocycles. The summed E-state index contributed by atoms with van der Waals surface area (Å²) in [5.74, 6) is 1.33. The van der Waals surface area contributed by atoms with Gasteiger partial charge in [-0.3, -0.25) is 0 Å². The SMILES string of the molecule is CC(C)COC[C@@H](N)c1ccco1. The first-order chi connectivity index (χ1) is 6.20. The molecular weight excluding hydrogens is 166 g/mol. The predicted molar refractivity (Wildman–Crippen MR) is 51.3 cm³/mol. The monoisotopic (exact) mass is 183 g/mol. The number of nitrogens with two attached hydrogens (primary N) is 1. The maximum atomic E-state index is 5.81. The van der Waals surface area contributed by atoms with Crippen LogP contribution in [-0.2, 0) is 4.74 Å². The van der Waals surface area contributed by atoms with Crippen molar-refractivity contribution in [3.63, 3.8) is 0 Å². The fourth-order valence-electron chi connectivity index (χ4n) is 1.02. The van der Waals surface area contributed by atoms with Crippen LogP contribution in [0.5, 0.6) is 0 Å². The third-order valence-corrected chi connectivity index (χ3v) is 1.66. The van der Waals surface area contributed by atoms with Gasteiger partial charge < -0.3 is 14.9 Å². The van der Waals surface area contributed by atoms with Crippen LogP contribution in [0.25, 0.3) is 0 Å². The fourth-order valence-corrected chi connectivity index (χ4v) is 1.02. The average Bonchev–Trinajstić information content (AvgIpc) is 2.55. The average molecular weight is 183 g/mol. The summed E-state index contributed by atoms with van der Waals surface area (Å²) in [6, 6.07) is 3.55. The second kappa shape index (κ2) is 5.04. The molecule has 1 aromatic rings. The van der Waals surface area contributed by atoms with Crippen molar-refractivity contribution < 1.29 is 9.15 Å². The van der Waals surface area contributed by atoms with Crippen LogP contribution in [0.1, 0.15) is 25.6 Å². The number of furan rings is 1. The Morgan fingerprint density at radius 1 is 1.46 bits per heavy atom. The van der Waals surface area contributed by atoms with Gasteiger partial charge in [0.05, 0.1) is 18.9 Å². The zero-order chi connectivity index (χ0) is 9.68. The molecule has 0 saturated carbocycles. The summed E-state index contributed by atoms with van der Waals surface area (Å²) in [5.41, 5.74) is 5.81. The molecule has 0 spiro atoms. The lowest BCUT2D eigenvalue weighted by Crippen LogP contribution is -2.18. The molecule has 0 unspecified atom stereocenters. The van der Waals surface area contributed by atoms with E-state index in [1.165, 1.54) is 0 Å². The summed E-state index contributed by atoms with van der Waals surface area (Å²) in [4.78, 5) is 0. The second-order valence-electron chi connectivity index (χ2n) is 3.55. The van der Waals surface area contributed by atoms with Gasteiger partial charge in [-0.25, -0.2) is 0 Å². The molecule has 3 nitrogen and oxygen atoms in total. The first-order valence-electron chi connectivity index (χ1n) is 4.57. The predicted octanol–water partition coefficient (Wildman–Crippen LogP) is 1.95. The molecule has 0 aliphatic carbocycles. The molecule has 13 heavy (non-hydrogen) atoms. The molecule has 1 atom stereocenters. The van der Waals surface area contributed by atoms with E-state index >= 15 is 0 Å². The van der Waals surface area contributed by atoms with E-state index < -0.39 is 0 Å². The minimum atomic E-state index is -0.145. The maximum Gasteiger partial charge on any atom is 0.122 e. The molecule has 2 N–H and O–H groups in total. The fraction of sp³-hybridized carbons (Fsp3) is 0.600. The van der Waals surface area contributed by atoms with Gasteiger partial charge in [0.2, 0.25) is 0 Å². The third-order valence-electron chi connectivity index (χ3n) is 1.66. The topological polar surface area (TPSA) is 48.4 Å². The second-order valence-corrected chi connectivity index (χ2v) is 3.55. The lowest BCUT2D eigenvalue weighted by Gasteiger charge is -2.10. The molecule has 3 heteroatoms. The van der Waals surface area contributed by atoms with Gasteiger partial charge in [0.1, 0.15) is 5.76 Å². The van der Waals surface area contributed by atoms with Crippen LogP contribution in [0.4, 0.5) is 0 Å². The van der Waals surface area contributed by atoms with Gasteiger partial charge in [0, 0.05) is 6.61 Å². The largest absolute Gasteiger partial charge is 0.468 e. The van der Waals surface area contributed by atoms with Crippen LogP contribution in [0.15, 0.2) is 22.8 Å². The number of hydrogen-bond donors (Lipinski definition) is 1. The zero-order valence-electron chi connectivity index (χ0n) is 8.19. The quantitative estimate of drug-likeness (QED) is 0.759. The van der Waals surface area contributed by atoms with Gasteiger partial charge in [0.15, 0.2) is 0 Å². The van der Waals surface area contributed by atoms with E-state index in [2.05, 4.69) is 13.8 Å². The molecular formula is C10H17NO2. The Balaban J connectivity index is 2.22. The van der Waals surface area contributed by atoms with Crippen molar-refractivity contribution in [2.24, 2.45) is 11.7 Å². The van der Waals surface area contributed by atoms with E-state index in [1.807, 2.05) is 12.1 Å². The Hall–Kier alpha value is -0.800. The van der Waals surface area contributed by atoms with E-state index in [1.54, 1.807) is 6.26 Å². The summed E-state index contributed by atoms with van der Waals surface area (Å²) in [6.07, 6.45) is 1.62. The zero-order valence-corrected chi connectivity index (χ0v) is 8.19. The smallest absolute Gasteiger partial charge is 0.122 e. The molecule has 74 valence electrons. The van der Waals surface area contributed by atoms with Crippen molar-refractivity contribution in [1.82, 2.24) is 0 Å². The van der Waals surface area contributed by atoms with Crippen molar-refractivity contribution in [2.75, 3.05) is 13.2 Å². The molecule has 0 aliphatic rings. The van der Waals surface area contributed by atoms with E-state index in [-0.39, 0.29) is 6.04 Å². The van der Waals surface area contributed by atoms with E-state index in [0.717, 1.165) is 12.4 Å². The summed E-state index contributed by atoms with van der Waals surface area (Å²) in [6.45, 7) is 5.48. The van der Waals surface area contributed by atoms with Crippen LogP contribution in [0.2, 0.25) is 0 Å². The molecule has 1 heterocycles. The van der Waals surface area contributed by atoms with Crippen molar-refractivity contribution in [2.45, 2.75) is 19.9 Å². The van der Waals surface area contributed by atoms with Gasteiger partial charge in [0.25, 0.3) is 0 Å². The van der Waals surface area contributed by atoms with Crippen molar-refractivity contribution in [3.8, 4) is 0 Å². The highest BCUT2D eigenvalue weighted by molar-refractivity contribution is 5.03. The highest BCUT2D eigenvalue weighted by Gasteiger charge is 2.08. The first kappa shape index (κ1) is 10.3.